The molecule has 5 heteroatoms. The van der Waals surface area contributed by atoms with Gasteiger partial charge in [-0.05, 0) is 42.6 Å². The molecule has 0 aliphatic heterocycles. The molecule has 136 valence electrons. The molecule has 2 aromatic carbocycles. The minimum absolute atomic E-state index is 0.642. The highest BCUT2D eigenvalue weighted by molar-refractivity contribution is 6.31. The zero-order chi connectivity index (χ0) is 18.1. The lowest BCUT2D eigenvalue weighted by Crippen LogP contribution is -2.17. The Morgan fingerprint density at radius 2 is 1.72 bits per heavy atom. The molecule has 0 fully saturated rings. The van der Waals surface area contributed by atoms with E-state index in [0.717, 1.165) is 30.7 Å². The first-order chi connectivity index (χ1) is 12.2. The fourth-order valence-corrected chi connectivity index (χ4v) is 2.77. The van der Waals surface area contributed by atoms with Crippen molar-refractivity contribution in [3.8, 4) is 17.2 Å². The first-order valence-corrected chi connectivity index (χ1v) is 8.89. The average molecular weight is 364 g/mol. The normalized spacial score (nSPS) is 10.6. The Hall–Kier alpha value is -1.91. The van der Waals surface area contributed by atoms with E-state index in [1.807, 2.05) is 30.3 Å². The van der Waals surface area contributed by atoms with Crippen molar-refractivity contribution >= 4 is 11.6 Å². The van der Waals surface area contributed by atoms with Gasteiger partial charge < -0.3 is 19.5 Å². The van der Waals surface area contributed by atoms with Gasteiger partial charge in [0.25, 0.3) is 0 Å². The lowest BCUT2D eigenvalue weighted by Gasteiger charge is -2.14. The molecule has 0 unspecified atom stereocenters. The van der Waals surface area contributed by atoms with Gasteiger partial charge in [-0.1, -0.05) is 36.7 Å². The SMILES string of the molecule is CCCOc1cc(Cl)c(CNCCc2ccccc2OC)cc1OC. The minimum atomic E-state index is 0.642. The van der Waals surface area contributed by atoms with Crippen molar-refractivity contribution in [2.24, 2.45) is 0 Å². The van der Waals surface area contributed by atoms with Crippen LogP contribution in [-0.4, -0.2) is 27.4 Å². The van der Waals surface area contributed by atoms with E-state index in [1.165, 1.54) is 5.56 Å². The van der Waals surface area contributed by atoms with E-state index >= 15 is 0 Å². The Kier molecular flexibility index (Phi) is 7.89. The van der Waals surface area contributed by atoms with Crippen molar-refractivity contribution in [1.29, 1.82) is 0 Å². The highest BCUT2D eigenvalue weighted by Gasteiger charge is 2.10. The Labute approximate surface area is 155 Å². The number of methoxy groups -OCH3 is 2. The van der Waals surface area contributed by atoms with Crippen LogP contribution in [0.25, 0.3) is 0 Å². The zero-order valence-electron chi connectivity index (χ0n) is 15.1. The minimum Gasteiger partial charge on any atom is -0.496 e. The molecule has 0 amide bonds. The van der Waals surface area contributed by atoms with E-state index in [1.54, 1.807) is 14.2 Å². The van der Waals surface area contributed by atoms with Gasteiger partial charge in [-0.25, -0.2) is 0 Å². The molecule has 0 heterocycles. The molecule has 0 radical (unpaired) electrons. The van der Waals surface area contributed by atoms with Gasteiger partial charge >= 0.3 is 0 Å². The molecule has 25 heavy (non-hydrogen) atoms. The summed E-state index contributed by atoms with van der Waals surface area (Å²) in [7, 11) is 3.33. The highest BCUT2D eigenvalue weighted by atomic mass is 35.5. The number of ether oxygens (including phenoxy) is 3. The lowest BCUT2D eigenvalue weighted by atomic mass is 10.1. The van der Waals surface area contributed by atoms with Crippen LogP contribution in [-0.2, 0) is 13.0 Å². The number of nitrogens with one attached hydrogen (secondary N) is 1. The molecule has 1 N–H and O–H groups in total. The average Bonchev–Trinajstić information content (AvgIpc) is 2.64. The van der Waals surface area contributed by atoms with E-state index in [2.05, 4.69) is 18.3 Å². The summed E-state index contributed by atoms with van der Waals surface area (Å²) in [5, 5.41) is 4.10. The number of hydrogen-bond donors (Lipinski definition) is 1. The maximum atomic E-state index is 6.39. The van der Waals surface area contributed by atoms with E-state index in [0.29, 0.717) is 29.7 Å². The van der Waals surface area contributed by atoms with E-state index < -0.39 is 0 Å². The summed E-state index contributed by atoms with van der Waals surface area (Å²) < 4.78 is 16.5. The number of rotatable bonds is 10. The summed E-state index contributed by atoms with van der Waals surface area (Å²) in [4.78, 5) is 0. The highest BCUT2D eigenvalue weighted by Crippen LogP contribution is 2.33. The molecule has 0 aromatic heterocycles. The standard InChI is InChI=1S/C20H26ClNO3/c1-4-11-25-20-13-17(21)16(12-19(20)24-3)14-22-10-9-15-7-5-6-8-18(15)23-2/h5-8,12-13,22H,4,9-11,14H2,1-3H3. The molecule has 0 spiro atoms. The topological polar surface area (TPSA) is 39.7 Å². The Morgan fingerprint density at radius 3 is 2.44 bits per heavy atom. The van der Waals surface area contributed by atoms with Crippen LogP contribution in [0.1, 0.15) is 24.5 Å². The van der Waals surface area contributed by atoms with E-state index in [4.69, 9.17) is 25.8 Å². The molecule has 0 aliphatic rings. The van der Waals surface area contributed by atoms with Crippen molar-refractivity contribution in [3.05, 3.63) is 52.5 Å². The maximum absolute atomic E-state index is 6.39. The van der Waals surface area contributed by atoms with Crippen LogP contribution in [0.2, 0.25) is 5.02 Å². The van der Waals surface area contributed by atoms with Crippen molar-refractivity contribution < 1.29 is 14.2 Å². The van der Waals surface area contributed by atoms with Gasteiger partial charge in [0.1, 0.15) is 5.75 Å². The van der Waals surface area contributed by atoms with Crippen LogP contribution in [0, 0.1) is 0 Å². The third kappa shape index (κ3) is 5.55. The largest absolute Gasteiger partial charge is 0.496 e. The second-order valence-corrected chi connectivity index (χ2v) is 6.09. The smallest absolute Gasteiger partial charge is 0.162 e. The van der Waals surface area contributed by atoms with Crippen LogP contribution >= 0.6 is 11.6 Å². The van der Waals surface area contributed by atoms with Gasteiger partial charge in [0.2, 0.25) is 0 Å². The van der Waals surface area contributed by atoms with Gasteiger partial charge in [-0.15, -0.1) is 0 Å². The van der Waals surface area contributed by atoms with Crippen molar-refractivity contribution in [2.45, 2.75) is 26.3 Å². The Bertz CT molecular complexity index is 676. The van der Waals surface area contributed by atoms with E-state index in [-0.39, 0.29) is 0 Å². The molecule has 0 saturated heterocycles. The molecule has 2 rings (SSSR count). The lowest BCUT2D eigenvalue weighted by molar-refractivity contribution is 0.294. The van der Waals surface area contributed by atoms with Gasteiger partial charge in [-0.2, -0.15) is 0 Å². The third-order valence-electron chi connectivity index (χ3n) is 3.87. The van der Waals surface area contributed by atoms with Crippen molar-refractivity contribution in [3.63, 3.8) is 0 Å². The maximum Gasteiger partial charge on any atom is 0.162 e. The van der Waals surface area contributed by atoms with Gasteiger partial charge in [0, 0.05) is 17.6 Å². The second kappa shape index (κ2) is 10.2. The van der Waals surface area contributed by atoms with Gasteiger partial charge in [-0.3, -0.25) is 0 Å². The summed E-state index contributed by atoms with van der Waals surface area (Å²) in [5.41, 5.74) is 2.17. The molecule has 0 aliphatic carbocycles. The van der Waals surface area contributed by atoms with Crippen LogP contribution in [0.15, 0.2) is 36.4 Å². The van der Waals surface area contributed by atoms with Crippen LogP contribution in [0.4, 0.5) is 0 Å². The monoisotopic (exact) mass is 363 g/mol. The number of benzene rings is 2. The predicted octanol–water partition coefficient (Wildman–Crippen LogP) is 4.48. The van der Waals surface area contributed by atoms with Crippen LogP contribution in [0.5, 0.6) is 17.2 Å². The summed E-state index contributed by atoms with van der Waals surface area (Å²) in [6.07, 6.45) is 1.82. The Balaban J connectivity index is 1.94. The van der Waals surface area contributed by atoms with Crippen molar-refractivity contribution in [1.82, 2.24) is 5.32 Å². The molecular formula is C20H26ClNO3. The summed E-state index contributed by atoms with van der Waals surface area (Å²) in [5.74, 6) is 2.31. The number of para-hydroxylation sites is 1. The quantitative estimate of drug-likeness (QED) is 0.632. The number of halogens is 1. The molecular weight excluding hydrogens is 338 g/mol. The first kappa shape index (κ1) is 19.4. The molecule has 2 aromatic rings. The number of hydrogen-bond acceptors (Lipinski definition) is 4. The third-order valence-corrected chi connectivity index (χ3v) is 4.23. The van der Waals surface area contributed by atoms with Crippen molar-refractivity contribution in [2.75, 3.05) is 27.4 Å². The summed E-state index contributed by atoms with van der Waals surface area (Å²) >= 11 is 6.39. The summed E-state index contributed by atoms with van der Waals surface area (Å²) in [6.45, 7) is 4.20. The van der Waals surface area contributed by atoms with Gasteiger partial charge in [0.15, 0.2) is 11.5 Å². The molecule has 0 atom stereocenters. The van der Waals surface area contributed by atoms with Crippen LogP contribution < -0.4 is 19.5 Å². The molecule has 0 saturated carbocycles. The van der Waals surface area contributed by atoms with E-state index in [9.17, 15) is 0 Å². The van der Waals surface area contributed by atoms with Gasteiger partial charge in [0.05, 0.1) is 20.8 Å². The zero-order valence-corrected chi connectivity index (χ0v) is 15.9. The predicted molar refractivity (Wildman–Crippen MR) is 102 cm³/mol. The Morgan fingerprint density at radius 1 is 0.960 bits per heavy atom. The first-order valence-electron chi connectivity index (χ1n) is 8.51. The second-order valence-electron chi connectivity index (χ2n) is 5.68. The molecule has 0 bridgehead atoms. The summed E-state index contributed by atoms with van der Waals surface area (Å²) in [6, 6.07) is 11.8. The fraction of sp³-hybridized carbons (Fsp3) is 0.400. The fourth-order valence-electron chi connectivity index (χ4n) is 2.55. The molecule has 4 nitrogen and oxygen atoms in total. The van der Waals surface area contributed by atoms with Crippen LogP contribution in [0.3, 0.4) is 0 Å².